The molecule has 0 amide bonds. The number of hydrogen-bond acceptors (Lipinski definition) is 5. The van der Waals surface area contributed by atoms with Crippen molar-refractivity contribution in [2.75, 3.05) is 6.61 Å². The molecule has 1 aromatic carbocycles. The zero-order valence-corrected chi connectivity index (χ0v) is 21.9. The molecule has 0 fully saturated rings. The van der Waals surface area contributed by atoms with Crippen LogP contribution >= 0.6 is 23.2 Å². The van der Waals surface area contributed by atoms with Gasteiger partial charge in [-0.15, -0.1) is 5.10 Å². The van der Waals surface area contributed by atoms with E-state index in [4.69, 9.17) is 32.9 Å². The van der Waals surface area contributed by atoms with Crippen LogP contribution < -0.4 is 4.74 Å². The number of nitrogens with zero attached hydrogens (tertiary/aromatic N) is 5. The van der Waals surface area contributed by atoms with Crippen molar-refractivity contribution >= 4 is 34.1 Å². The molecule has 6 nitrogen and oxygen atoms in total. The lowest BCUT2D eigenvalue weighted by Crippen LogP contribution is -2.12. The van der Waals surface area contributed by atoms with Crippen LogP contribution in [0.25, 0.3) is 33.7 Å². The van der Waals surface area contributed by atoms with Gasteiger partial charge in [0, 0.05) is 29.9 Å². The van der Waals surface area contributed by atoms with Gasteiger partial charge in [0.15, 0.2) is 5.82 Å². The normalized spacial score (nSPS) is 11.9. The molecule has 34 heavy (non-hydrogen) atoms. The Balaban J connectivity index is 1.94. The van der Waals surface area contributed by atoms with Crippen molar-refractivity contribution in [3.05, 3.63) is 51.9 Å². The smallest absolute Gasteiger partial charge is 0.242 e. The van der Waals surface area contributed by atoms with Crippen molar-refractivity contribution in [2.45, 2.75) is 52.9 Å². The molecule has 4 rings (SSSR count). The molecule has 0 saturated carbocycles. The maximum absolute atomic E-state index is 6.72. The predicted molar refractivity (Wildman–Crippen MR) is 139 cm³/mol. The number of benzene rings is 1. The maximum Gasteiger partial charge on any atom is 0.242 e. The number of rotatable bonds is 6. The van der Waals surface area contributed by atoms with Crippen molar-refractivity contribution in [1.29, 1.82) is 0 Å². The number of halogens is 2. The number of aryl methyl sites for hydroxylation is 2. The van der Waals surface area contributed by atoms with Crippen LogP contribution in [0, 0.1) is 6.92 Å². The topological polar surface area (TPSA) is 65.7 Å². The maximum atomic E-state index is 6.72. The Morgan fingerprint density at radius 2 is 1.85 bits per heavy atom. The summed E-state index contributed by atoms with van der Waals surface area (Å²) in [6, 6.07) is 8.01. The van der Waals surface area contributed by atoms with E-state index >= 15 is 0 Å². The Labute approximate surface area is 210 Å². The van der Waals surface area contributed by atoms with Gasteiger partial charge in [0.1, 0.15) is 11.4 Å². The Hall–Kier alpha value is -2.70. The van der Waals surface area contributed by atoms with E-state index in [1.807, 2.05) is 18.2 Å². The van der Waals surface area contributed by atoms with Crippen molar-refractivity contribution in [3.8, 4) is 28.5 Å². The minimum atomic E-state index is -0.0520. The van der Waals surface area contributed by atoms with Crippen LogP contribution in [0.15, 0.2) is 30.5 Å². The van der Waals surface area contributed by atoms with Crippen molar-refractivity contribution in [2.24, 2.45) is 7.05 Å². The first-order valence-corrected chi connectivity index (χ1v) is 12.2. The minimum Gasteiger partial charge on any atom is -0.493 e. The third-order valence-electron chi connectivity index (χ3n) is 5.79. The van der Waals surface area contributed by atoms with Gasteiger partial charge in [0.05, 0.1) is 23.2 Å². The third kappa shape index (κ3) is 4.75. The number of aromatic nitrogens is 5. The molecule has 0 radical (unpaired) electrons. The zero-order chi connectivity index (χ0) is 24.6. The van der Waals surface area contributed by atoms with E-state index in [-0.39, 0.29) is 10.7 Å². The Morgan fingerprint density at radius 1 is 1.09 bits per heavy atom. The summed E-state index contributed by atoms with van der Waals surface area (Å²) < 4.78 is 7.89. The van der Waals surface area contributed by atoms with Gasteiger partial charge < -0.3 is 4.74 Å². The highest BCUT2D eigenvalue weighted by molar-refractivity contribution is 6.31. The Bertz CT molecular complexity index is 1360. The number of hydrogen-bond donors (Lipinski definition) is 0. The van der Waals surface area contributed by atoms with Gasteiger partial charge in [0.25, 0.3) is 0 Å². The lowest BCUT2D eigenvalue weighted by atomic mass is 9.85. The molecule has 0 unspecified atom stereocenters. The first kappa shape index (κ1) is 24.4. The van der Waals surface area contributed by atoms with E-state index in [9.17, 15) is 0 Å². The third-order valence-corrected chi connectivity index (χ3v) is 6.26. The molecule has 178 valence electrons. The molecule has 0 N–H and O–H groups in total. The molecule has 0 aliphatic carbocycles. The number of pyridine rings is 2. The number of unbranched alkanes of at least 4 members (excludes halogenated alkanes) is 1. The first-order chi connectivity index (χ1) is 16.1. The van der Waals surface area contributed by atoms with Crippen LogP contribution in [-0.4, -0.2) is 31.3 Å². The molecule has 0 saturated heterocycles. The number of fused-ring (bicyclic) bond motifs is 1. The molecule has 0 aliphatic rings. The van der Waals surface area contributed by atoms with E-state index in [0.717, 1.165) is 51.2 Å². The SMILES string of the molecule is CCCCOc1cc(-c2cc(Cl)c(C(C)(C)C)cc2C)nc2ccnc(-c3nc(Cl)nn3C)c12. The lowest BCUT2D eigenvalue weighted by molar-refractivity contribution is 0.313. The predicted octanol–water partition coefficient (Wildman–Crippen LogP) is 7.18. The summed E-state index contributed by atoms with van der Waals surface area (Å²) in [6.45, 7) is 11.3. The second-order valence-electron chi connectivity index (χ2n) is 9.49. The molecule has 3 heterocycles. The average molecular weight is 498 g/mol. The summed E-state index contributed by atoms with van der Waals surface area (Å²) in [4.78, 5) is 13.9. The van der Waals surface area contributed by atoms with Crippen LogP contribution in [0.2, 0.25) is 10.3 Å². The van der Waals surface area contributed by atoms with Crippen LogP contribution in [0.3, 0.4) is 0 Å². The minimum absolute atomic E-state index is 0.0520. The lowest BCUT2D eigenvalue weighted by Gasteiger charge is -2.22. The quantitative estimate of drug-likeness (QED) is 0.263. The molecule has 8 heteroatoms. The average Bonchev–Trinajstić information content (AvgIpc) is 3.11. The van der Waals surface area contributed by atoms with E-state index in [1.54, 1.807) is 17.9 Å². The van der Waals surface area contributed by atoms with Crippen molar-refractivity contribution < 1.29 is 4.74 Å². The first-order valence-electron chi connectivity index (χ1n) is 11.4. The summed E-state index contributed by atoms with van der Waals surface area (Å²) in [5.41, 5.74) is 5.32. The van der Waals surface area contributed by atoms with Gasteiger partial charge in [0.2, 0.25) is 5.28 Å². The number of ether oxygens (including phenoxy) is 1. The van der Waals surface area contributed by atoms with Gasteiger partial charge in [-0.1, -0.05) is 51.8 Å². The molecule has 3 aromatic heterocycles. The van der Waals surface area contributed by atoms with E-state index in [0.29, 0.717) is 23.9 Å². The second kappa shape index (κ2) is 9.51. The summed E-state index contributed by atoms with van der Waals surface area (Å²) >= 11 is 12.8. The van der Waals surface area contributed by atoms with E-state index in [1.165, 1.54) is 0 Å². The molecule has 0 atom stereocenters. The van der Waals surface area contributed by atoms with Crippen molar-refractivity contribution in [3.63, 3.8) is 0 Å². The zero-order valence-electron chi connectivity index (χ0n) is 20.4. The summed E-state index contributed by atoms with van der Waals surface area (Å²) in [6.07, 6.45) is 3.69. The summed E-state index contributed by atoms with van der Waals surface area (Å²) in [7, 11) is 1.79. The fourth-order valence-electron chi connectivity index (χ4n) is 3.99. The summed E-state index contributed by atoms with van der Waals surface area (Å²) in [5.74, 6) is 1.25. The second-order valence-corrected chi connectivity index (χ2v) is 10.2. The Morgan fingerprint density at radius 3 is 2.50 bits per heavy atom. The molecular weight excluding hydrogens is 469 g/mol. The van der Waals surface area contributed by atoms with E-state index < -0.39 is 0 Å². The Kier molecular flexibility index (Phi) is 6.83. The molecule has 0 spiro atoms. The summed E-state index contributed by atoms with van der Waals surface area (Å²) in [5, 5.41) is 5.85. The highest BCUT2D eigenvalue weighted by Gasteiger charge is 2.22. The van der Waals surface area contributed by atoms with Gasteiger partial charge in [-0.2, -0.15) is 4.98 Å². The fraction of sp³-hybridized carbons (Fsp3) is 0.385. The standard InChI is InChI=1S/C26H29Cl2N5O/c1-7-8-11-34-21-14-20(16-13-18(27)17(12-15(16)2)26(3,4)5)30-19-9-10-29-23(22(19)21)24-31-25(28)32-33(24)6/h9-10,12-14H,7-8,11H2,1-6H3. The van der Waals surface area contributed by atoms with E-state index in [2.05, 4.69) is 55.8 Å². The highest BCUT2D eigenvalue weighted by Crippen LogP contribution is 2.39. The van der Waals surface area contributed by atoms with Gasteiger partial charge in [-0.25, -0.2) is 9.67 Å². The molecular formula is C26H29Cl2N5O. The molecule has 0 bridgehead atoms. The monoisotopic (exact) mass is 497 g/mol. The van der Waals surface area contributed by atoms with Gasteiger partial charge in [-0.05, 0) is 53.6 Å². The van der Waals surface area contributed by atoms with Crippen LogP contribution in [0.1, 0.15) is 51.7 Å². The fourth-order valence-corrected chi connectivity index (χ4v) is 4.63. The van der Waals surface area contributed by atoms with Crippen LogP contribution in [0.4, 0.5) is 0 Å². The largest absolute Gasteiger partial charge is 0.493 e. The molecule has 4 aromatic rings. The van der Waals surface area contributed by atoms with Crippen LogP contribution in [0.5, 0.6) is 5.75 Å². The van der Waals surface area contributed by atoms with Crippen molar-refractivity contribution in [1.82, 2.24) is 24.7 Å². The van der Waals surface area contributed by atoms with Gasteiger partial charge >= 0.3 is 0 Å². The molecule has 0 aliphatic heterocycles. The van der Waals surface area contributed by atoms with Gasteiger partial charge in [-0.3, -0.25) is 4.98 Å². The highest BCUT2D eigenvalue weighted by atomic mass is 35.5. The van der Waals surface area contributed by atoms with Crippen LogP contribution in [-0.2, 0) is 12.5 Å².